The van der Waals surface area contributed by atoms with E-state index in [1.165, 1.54) is 0 Å². The van der Waals surface area contributed by atoms with Crippen molar-refractivity contribution in [2.24, 2.45) is 0 Å². The second-order valence-corrected chi connectivity index (χ2v) is 6.29. The second-order valence-electron chi connectivity index (χ2n) is 6.29. The van der Waals surface area contributed by atoms with Crippen LogP contribution in [0, 0.1) is 27.7 Å². The Morgan fingerprint density at radius 1 is 0.760 bits per heavy atom. The lowest BCUT2D eigenvalue weighted by Gasteiger charge is -2.08. The highest BCUT2D eigenvalue weighted by atomic mass is 16.2. The van der Waals surface area contributed by atoms with Gasteiger partial charge >= 0.3 is 0 Å². The van der Waals surface area contributed by atoms with Crippen molar-refractivity contribution in [2.45, 2.75) is 47.0 Å². The second kappa shape index (κ2) is 8.37. The number of pyridine rings is 2. The molecule has 0 aliphatic heterocycles. The maximum atomic E-state index is 12.0. The summed E-state index contributed by atoms with van der Waals surface area (Å²) in [5, 5.41) is 5.54. The summed E-state index contributed by atoms with van der Waals surface area (Å²) in [5.74, 6) is 0.808. The molecule has 0 radical (unpaired) electrons. The van der Waals surface area contributed by atoms with E-state index in [1.54, 1.807) is 0 Å². The molecule has 2 amide bonds. The van der Waals surface area contributed by atoms with Crippen molar-refractivity contribution in [3.63, 3.8) is 0 Å². The number of carbonyl (C=O) groups is 2. The Morgan fingerprint density at radius 3 is 1.52 bits per heavy atom. The van der Waals surface area contributed by atoms with E-state index in [0.717, 1.165) is 22.5 Å². The molecule has 0 spiro atoms. The van der Waals surface area contributed by atoms with Gasteiger partial charge in [0, 0.05) is 24.2 Å². The number of rotatable bonds is 6. The maximum absolute atomic E-state index is 12.0. The molecule has 0 saturated heterocycles. The molecule has 2 aromatic rings. The Morgan fingerprint density at radius 2 is 1.16 bits per heavy atom. The third-order valence-corrected chi connectivity index (χ3v) is 3.54. The van der Waals surface area contributed by atoms with Crippen LogP contribution in [0.2, 0.25) is 0 Å². The summed E-state index contributed by atoms with van der Waals surface area (Å²) in [7, 11) is 0. The molecule has 0 saturated carbocycles. The number of aromatic nitrogens is 2. The van der Waals surface area contributed by atoms with Crippen LogP contribution in [0.3, 0.4) is 0 Å². The molecule has 2 aromatic heterocycles. The normalized spacial score (nSPS) is 10.4. The number of nitrogens with zero attached hydrogens (tertiary/aromatic N) is 2. The predicted molar refractivity (Wildman–Crippen MR) is 98.5 cm³/mol. The fourth-order valence-electron chi connectivity index (χ4n) is 2.63. The maximum Gasteiger partial charge on any atom is 0.225 e. The first-order valence-corrected chi connectivity index (χ1v) is 8.32. The Kier molecular flexibility index (Phi) is 6.22. The highest BCUT2D eigenvalue weighted by Crippen LogP contribution is 2.11. The molecule has 2 rings (SSSR count). The zero-order valence-electron chi connectivity index (χ0n) is 15.1. The number of aryl methyl sites for hydroxylation is 4. The Hall–Kier alpha value is -2.76. The molecule has 0 aromatic carbocycles. The van der Waals surface area contributed by atoms with Gasteiger partial charge in [0.2, 0.25) is 11.8 Å². The molecule has 0 unspecified atom stereocenters. The first kappa shape index (κ1) is 18.6. The van der Waals surface area contributed by atoms with E-state index in [1.807, 2.05) is 52.0 Å². The zero-order chi connectivity index (χ0) is 18.4. The van der Waals surface area contributed by atoms with Crippen LogP contribution in [-0.2, 0) is 9.59 Å². The van der Waals surface area contributed by atoms with Crippen LogP contribution in [0.25, 0.3) is 0 Å². The van der Waals surface area contributed by atoms with Gasteiger partial charge in [-0.05, 0) is 69.5 Å². The third-order valence-electron chi connectivity index (χ3n) is 3.54. The van der Waals surface area contributed by atoms with Gasteiger partial charge < -0.3 is 10.6 Å². The Balaban J connectivity index is 1.77. The van der Waals surface area contributed by atoms with Crippen molar-refractivity contribution in [1.82, 2.24) is 9.97 Å². The van der Waals surface area contributed by atoms with Gasteiger partial charge in [0.15, 0.2) is 0 Å². The van der Waals surface area contributed by atoms with Crippen molar-refractivity contribution >= 4 is 23.5 Å². The topological polar surface area (TPSA) is 84.0 Å². The largest absolute Gasteiger partial charge is 0.311 e. The number of hydrogen-bond acceptors (Lipinski definition) is 4. The molecule has 0 bridgehead atoms. The van der Waals surface area contributed by atoms with Crippen LogP contribution in [0.1, 0.15) is 41.8 Å². The van der Waals surface area contributed by atoms with Gasteiger partial charge in [-0.15, -0.1) is 0 Å². The van der Waals surface area contributed by atoms with Gasteiger partial charge in [-0.25, -0.2) is 9.97 Å². The highest BCUT2D eigenvalue weighted by Gasteiger charge is 2.08. The van der Waals surface area contributed by atoms with Crippen molar-refractivity contribution in [3.8, 4) is 0 Å². The molecule has 0 aliphatic carbocycles. The molecule has 25 heavy (non-hydrogen) atoms. The molecular weight excluding hydrogens is 316 g/mol. The quantitative estimate of drug-likeness (QED) is 0.843. The first-order chi connectivity index (χ1) is 11.8. The minimum Gasteiger partial charge on any atom is -0.311 e. The summed E-state index contributed by atoms with van der Waals surface area (Å²) in [6, 6.07) is 7.54. The molecule has 132 valence electrons. The average molecular weight is 340 g/mol. The monoisotopic (exact) mass is 340 g/mol. The fourth-order valence-corrected chi connectivity index (χ4v) is 2.63. The van der Waals surface area contributed by atoms with Gasteiger partial charge in [-0.1, -0.05) is 0 Å². The SMILES string of the molecule is Cc1cc(C)nc(NC(=O)CCCC(=O)Nc2cc(C)cc(C)n2)c1. The third kappa shape index (κ3) is 6.33. The van der Waals surface area contributed by atoms with Crippen LogP contribution in [-0.4, -0.2) is 21.8 Å². The lowest BCUT2D eigenvalue weighted by molar-refractivity contribution is -0.117. The van der Waals surface area contributed by atoms with Crippen molar-refractivity contribution < 1.29 is 9.59 Å². The van der Waals surface area contributed by atoms with Gasteiger partial charge in [0.05, 0.1) is 0 Å². The summed E-state index contributed by atoms with van der Waals surface area (Å²) >= 11 is 0. The van der Waals surface area contributed by atoms with Gasteiger partial charge in [0.1, 0.15) is 11.6 Å². The molecule has 0 atom stereocenters. The van der Waals surface area contributed by atoms with Crippen LogP contribution in [0.15, 0.2) is 24.3 Å². The van der Waals surface area contributed by atoms with Crippen molar-refractivity contribution in [3.05, 3.63) is 46.8 Å². The van der Waals surface area contributed by atoms with E-state index >= 15 is 0 Å². The zero-order valence-corrected chi connectivity index (χ0v) is 15.1. The predicted octanol–water partition coefficient (Wildman–Crippen LogP) is 3.46. The number of amides is 2. The Labute approximate surface area is 148 Å². The molecule has 2 N–H and O–H groups in total. The van der Waals surface area contributed by atoms with Crippen molar-refractivity contribution in [2.75, 3.05) is 10.6 Å². The molecule has 2 heterocycles. The fraction of sp³-hybridized carbons (Fsp3) is 0.368. The van der Waals surface area contributed by atoms with E-state index in [4.69, 9.17) is 0 Å². The summed E-state index contributed by atoms with van der Waals surface area (Å²) < 4.78 is 0. The number of hydrogen-bond donors (Lipinski definition) is 2. The molecule has 6 heteroatoms. The van der Waals surface area contributed by atoms with Crippen LogP contribution in [0.5, 0.6) is 0 Å². The van der Waals surface area contributed by atoms with Gasteiger partial charge in [-0.2, -0.15) is 0 Å². The van der Waals surface area contributed by atoms with Crippen LogP contribution >= 0.6 is 0 Å². The minimum absolute atomic E-state index is 0.144. The number of nitrogens with one attached hydrogen (secondary N) is 2. The number of carbonyl (C=O) groups excluding carboxylic acids is 2. The highest BCUT2D eigenvalue weighted by molar-refractivity contribution is 5.92. The summed E-state index contributed by atoms with van der Waals surface area (Å²) in [5.41, 5.74) is 3.80. The van der Waals surface area contributed by atoms with E-state index in [-0.39, 0.29) is 24.7 Å². The van der Waals surface area contributed by atoms with E-state index in [9.17, 15) is 9.59 Å². The van der Waals surface area contributed by atoms with Crippen LogP contribution < -0.4 is 10.6 Å². The molecular formula is C19H24N4O2. The summed E-state index contributed by atoms with van der Waals surface area (Å²) in [6.45, 7) is 7.67. The molecule has 0 aliphatic rings. The van der Waals surface area contributed by atoms with E-state index in [2.05, 4.69) is 20.6 Å². The molecule has 0 fully saturated rings. The van der Waals surface area contributed by atoms with Crippen molar-refractivity contribution in [1.29, 1.82) is 0 Å². The first-order valence-electron chi connectivity index (χ1n) is 8.32. The lowest BCUT2D eigenvalue weighted by atomic mass is 10.2. The van der Waals surface area contributed by atoms with Crippen LogP contribution in [0.4, 0.5) is 11.6 Å². The van der Waals surface area contributed by atoms with E-state index in [0.29, 0.717) is 18.1 Å². The smallest absolute Gasteiger partial charge is 0.225 e. The average Bonchev–Trinajstić information content (AvgIpc) is 2.44. The minimum atomic E-state index is -0.144. The molecule has 6 nitrogen and oxygen atoms in total. The lowest BCUT2D eigenvalue weighted by Crippen LogP contribution is -2.16. The summed E-state index contributed by atoms with van der Waals surface area (Å²) in [4.78, 5) is 32.5. The Bertz CT molecular complexity index is 681. The number of anilines is 2. The standard InChI is InChI=1S/C19H24N4O2/c1-12-8-14(3)20-16(10-12)22-18(24)6-5-7-19(25)23-17-11-13(2)9-15(4)21-17/h8-11H,5-7H2,1-4H3,(H,20,22,24)(H,21,23,25). The van der Waals surface area contributed by atoms with Gasteiger partial charge in [0.25, 0.3) is 0 Å². The van der Waals surface area contributed by atoms with Gasteiger partial charge in [-0.3, -0.25) is 9.59 Å². The summed E-state index contributed by atoms with van der Waals surface area (Å²) in [6.07, 6.45) is 0.998. The van der Waals surface area contributed by atoms with E-state index < -0.39 is 0 Å².